The highest BCUT2D eigenvalue weighted by Crippen LogP contribution is 2.33. The second-order valence-electron chi connectivity index (χ2n) is 6.46. The van der Waals surface area contributed by atoms with Crippen LogP contribution in [0.15, 0.2) is 71.2 Å². The number of nitrogens with zero attached hydrogens (tertiary/aromatic N) is 3. The molecule has 4 aromatic rings. The molecule has 10 heteroatoms. The Balaban J connectivity index is 1.69. The molecule has 2 aromatic carbocycles. The predicted octanol–water partition coefficient (Wildman–Crippen LogP) is 3.57. The maximum Gasteiger partial charge on any atom is 0.263 e. The summed E-state index contributed by atoms with van der Waals surface area (Å²) in [5, 5.41) is 16.8. The highest BCUT2D eigenvalue weighted by molar-refractivity contribution is 7.93. The maximum atomic E-state index is 14.9. The number of aromatic nitrogens is 3. The number of aliphatic hydroxyl groups excluding tert-OH is 1. The van der Waals surface area contributed by atoms with Gasteiger partial charge in [0.05, 0.1) is 10.6 Å². The lowest BCUT2D eigenvalue weighted by Crippen LogP contribution is -2.14. The van der Waals surface area contributed by atoms with Gasteiger partial charge in [-0.25, -0.2) is 17.8 Å². The summed E-state index contributed by atoms with van der Waals surface area (Å²) in [6.07, 6.45) is 1.80. The summed E-state index contributed by atoms with van der Waals surface area (Å²) in [5.41, 5.74) is 1.91. The molecule has 0 saturated carbocycles. The van der Waals surface area contributed by atoms with E-state index < -0.39 is 21.9 Å². The summed E-state index contributed by atoms with van der Waals surface area (Å²) in [4.78, 5) is 3.61. The van der Waals surface area contributed by atoms with Gasteiger partial charge in [0.25, 0.3) is 10.0 Å². The van der Waals surface area contributed by atoms with Gasteiger partial charge in [-0.1, -0.05) is 30.3 Å². The quantitative estimate of drug-likeness (QED) is 0.474. The van der Waals surface area contributed by atoms with Gasteiger partial charge in [-0.05, 0) is 23.8 Å². The van der Waals surface area contributed by atoms with Gasteiger partial charge in [-0.3, -0.25) is 9.40 Å². The highest BCUT2D eigenvalue weighted by Gasteiger charge is 2.23. The lowest BCUT2D eigenvalue weighted by molar-refractivity contribution is 0.215. The lowest BCUT2D eigenvalue weighted by Gasteiger charge is -2.17. The van der Waals surface area contributed by atoms with Crippen molar-refractivity contribution < 1.29 is 17.9 Å². The van der Waals surface area contributed by atoms with Crippen molar-refractivity contribution in [3.8, 4) is 11.3 Å². The molecule has 0 fully saturated rings. The van der Waals surface area contributed by atoms with Gasteiger partial charge < -0.3 is 5.11 Å². The Labute approximate surface area is 176 Å². The average Bonchev–Trinajstić information content (AvgIpc) is 3.38. The van der Waals surface area contributed by atoms with Crippen LogP contribution in [0.2, 0.25) is 0 Å². The van der Waals surface area contributed by atoms with Gasteiger partial charge in [0.1, 0.15) is 11.9 Å². The molecule has 7 nitrogen and oxygen atoms in total. The van der Waals surface area contributed by atoms with Crippen LogP contribution >= 0.6 is 11.3 Å². The SMILES string of the molecule is Cn1nccc1-c1ccccc1C(O)c1ccc(S(=O)(=O)Nc2nccs2)cc1F. The molecule has 0 aliphatic heterocycles. The molecule has 0 bridgehead atoms. The number of aryl methyl sites for hydroxylation is 1. The minimum Gasteiger partial charge on any atom is -0.384 e. The second kappa shape index (κ2) is 7.98. The van der Waals surface area contributed by atoms with E-state index in [1.54, 1.807) is 41.5 Å². The van der Waals surface area contributed by atoms with Crippen LogP contribution in [0.3, 0.4) is 0 Å². The molecule has 4 rings (SSSR count). The third kappa shape index (κ3) is 3.84. The number of rotatable bonds is 6. The molecule has 2 N–H and O–H groups in total. The number of thiazole rings is 1. The number of anilines is 1. The summed E-state index contributed by atoms with van der Waals surface area (Å²) in [7, 11) is -2.23. The van der Waals surface area contributed by atoms with Crippen LogP contribution in [0, 0.1) is 5.82 Å². The van der Waals surface area contributed by atoms with Crippen molar-refractivity contribution >= 4 is 26.5 Å². The Morgan fingerprint density at radius 3 is 2.60 bits per heavy atom. The van der Waals surface area contributed by atoms with E-state index in [0.29, 0.717) is 11.1 Å². The number of hydrogen-bond donors (Lipinski definition) is 2. The molecule has 2 heterocycles. The fourth-order valence-electron chi connectivity index (χ4n) is 3.12. The minimum atomic E-state index is -4.00. The first-order chi connectivity index (χ1) is 14.4. The highest BCUT2D eigenvalue weighted by atomic mass is 32.2. The van der Waals surface area contributed by atoms with Gasteiger partial charge in [-0.15, -0.1) is 11.3 Å². The van der Waals surface area contributed by atoms with Crippen LogP contribution in [0.5, 0.6) is 0 Å². The zero-order chi connectivity index (χ0) is 21.3. The summed E-state index contributed by atoms with van der Waals surface area (Å²) in [6.45, 7) is 0. The van der Waals surface area contributed by atoms with E-state index in [1.807, 2.05) is 12.1 Å². The first kappa shape index (κ1) is 20.2. The summed E-state index contributed by atoms with van der Waals surface area (Å²) >= 11 is 1.11. The van der Waals surface area contributed by atoms with E-state index in [4.69, 9.17) is 0 Å². The van der Waals surface area contributed by atoms with Crippen molar-refractivity contribution in [3.63, 3.8) is 0 Å². The zero-order valence-electron chi connectivity index (χ0n) is 15.7. The number of benzene rings is 2. The molecular weight excluding hydrogens is 427 g/mol. The number of halogens is 1. The molecule has 0 aliphatic rings. The van der Waals surface area contributed by atoms with Gasteiger partial charge in [0, 0.05) is 35.9 Å². The predicted molar refractivity (Wildman–Crippen MR) is 112 cm³/mol. The second-order valence-corrected chi connectivity index (χ2v) is 9.03. The third-order valence-electron chi connectivity index (χ3n) is 4.58. The normalized spacial score (nSPS) is 12.6. The smallest absolute Gasteiger partial charge is 0.263 e. The molecule has 0 spiro atoms. The van der Waals surface area contributed by atoms with Crippen molar-refractivity contribution in [1.29, 1.82) is 0 Å². The largest absolute Gasteiger partial charge is 0.384 e. The maximum absolute atomic E-state index is 14.9. The molecule has 0 saturated heterocycles. The van der Waals surface area contributed by atoms with Gasteiger partial charge in [-0.2, -0.15) is 5.10 Å². The Bertz CT molecular complexity index is 1290. The van der Waals surface area contributed by atoms with Crippen molar-refractivity contribution in [2.24, 2.45) is 7.05 Å². The first-order valence-corrected chi connectivity index (χ1v) is 11.2. The minimum absolute atomic E-state index is 0.0298. The summed E-state index contributed by atoms with van der Waals surface area (Å²) in [5.74, 6) is -0.829. The summed E-state index contributed by atoms with van der Waals surface area (Å²) < 4.78 is 43.8. The molecule has 30 heavy (non-hydrogen) atoms. The Hall–Kier alpha value is -3.08. The van der Waals surface area contributed by atoms with Gasteiger partial charge >= 0.3 is 0 Å². The van der Waals surface area contributed by atoms with Crippen LogP contribution in [-0.4, -0.2) is 28.3 Å². The van der Waals surface area contributed by atoms with Crippen molar-refractivity contribution in [2.75, 3.05) is 4.72 Å². The van der Waals surface area contributed by atoms with Crippen LogP contribution in [0.4, 0.5) is 9.52 Å². The van der Waals surface area contributed by atoms with Crippen LogP contribution in [0.25, 0.3) is 11.3 Å². The molecule has 0 aliphatic carbocycles. The topological polar surface area (TPSA) is 97.1 Å². The number of nitrogens with one attached hydrogen (secondary N) is 1. The van der Waals surface area contributed by atoms with Crippen molar-refractivity contribution in [2.45, 2.75) is 11.0 Å². The number of aliphatic hydroxyl groups is 1. The fourth-order valence-corrected chi connectivity index (χ4v) is 4.92. The van der Waals surface area contributed by atoms with E-state index in [-0.39, 0.29) is 15.6 Å². The number of hydrogen-bond acceptors (Lipinski definition) is 6. The monoisotopic (exact) mass is 444 g/mol. The number of sulfonamides is 1. The third-order valence-corrected chi connectivity index (χ3v) is 6.74. The van der Waals surface area contributed by atoms with Crippen molar-refractivity contribution in [3.05, 3.63) is 83.2 Å². The molecular formula is C20H17FN4O3S2. The molecule has 154 valence electrons. The van der Waals surface area contributed by atoms with Gasteiger partial charge in [0.15, 0.2) is 5.13 Å². The van der Waals surface area contributed by atoms with Crippen LogP contribution in [0.1, 0.15) is 17.2 Å². The average molecular weight is 445 g/mol. The first-order valence-electron chi connectivity index (χ1n) is 8.84. The molecule has 0 radical (unpaired) electrons. The molecule has 2 aromatic heterocycles. The van der Waals surface area contributed by atoms with E-state index >= 15 is 0 Å². The van der Waals surface area contributed by atoms with E-state index in [0.717, 1.165) is 23.1 Å². The standard InChI is InChI=1S/C20H17FN4O3S2/c1-25-18(8-9-23-25)14-4-2-3-5-15(14)19(26)16-7-6-13(12-17(16)21)30(27,28)24-20-22-10-11-29-20/h2-12,19,26H,1H3,(H,22,24). The van der Waals surface area contributed by atoms with Crippen LogP contribution in [-0.2, 0) is 17.1 Å². The Morgan fingerprint density at radius 1 is 1.13 bits per heavy atom. The lowest BCUT2D eigenvalue weighted by atomic mass is 9.95. The summed E-state index contributed by atoms with van der Waals surface area (Å²) in [6, 6.07) is 12.3. The van der Waals surface area contributed by atoms with E-state index in [9.17, 15) is 17.9 Å². The van der Waals surface area contributed by atoms with Crippen LogP contribution < -0.4 is 4.72 Å². The molecule has 1 atom stereocenters. The van der Waals surface area contributed by atoms with Gasteiger partial charge in [0.2, 0.25) is 0 Å². The molecule has 1 unspecified atom stereocenters. The fraction of sp³-hybridized carbons (Fsp3) is 0.100. The van der Waals surface area contributed by atoms with E-state index in [2.05, 4.69) is 14.8 Å². The Kier molecular flexibility index (Phi) is 5.37. The van der Waals surface area contributed by atoms with E-state index in [1.165, 1.54) is 18.3 Å². The molecule has 0 amide bonds. The van der Waals surface area contributed by atoms with Crippen molar-refractivity contribution in [1.82, 2.24) is 14.8 Å². The zero-order valence-corrected chi connectivity index (χ0v) is 17.4. The Morgan fingerprint density at radius 2 is 1.93 bits per heavy atom.